The fourth-order valence-corrected chi connectivity index (χ4v) is 2.16. The number of rotatable bonds is 2. The fraction of sp³-hybridized carbons (Fsp3) is 0.143. The molecule has 2 heterocycles. The van der Waals surface area contributed by atoms with Crippen LogP contribution in [0.1, 0.15) is 21.5 Å². The number of aryl methyl sites for hydroxylation is 1. The normalized spacial score (nSPS) is 13.4. The number of fused-ring (bicyclic) bond motifs is 1. The van der Waals surface area contributed by atoms with Crippen LogP contribution in [0.5, 0.6) is 5.75 Å². The average molecular weight is 256 g/mol. The topological polar surface area (TPSA) is 64.3 Å². The lowest BCUT2D eigenvalue weighted by atomic mass is 9.96. The molecule has 96 valence electrons. The molecule has 0 saturated heterocycles. The largest absolute Gasteiger partial charge is 0.489 e. The lowest BCUT2D eigenvalue weighted by molar-refractivity contribution is 0.0697. The van der Waals surface area contributed by atoms with Crippen LogP contribution in [0.2, 0.25) is 0 Å². The van der Waals surface area contributed by atoms with Crippen molar-refractivity contribution >= 4 is 11.5 Å². The van der Waals surface area contributed by atoms with Gasteiger partial charge in [-0.3, -0.25) is 4.68 Å². The highest BCUT2D eigenvalue weighted by atomic mass is 16.5. The van der Waals surface area contributed by atoms with Gasteiger partial charge in [0.1, 0.15) is 12.4 Å². The molecule has 0 unspecified atom stereocenters. The minimum absolute atomic E-state index is 0.249. The van der Waals surface area contributed by atoms with E-state index < -0.39 is 5.97 Å². The number of hydrogen-bond acceptors (Lipinski definition) is 3. The highest BCUT2D eigenvalue weighted by molar-refractivity contribution is 5.92. The van der Waals surface area contributed by atoms with Crippen LogP contribution in [0, 0.1) is 0 Å². The molecule has 1 aliphatic rings. The number of hydrogen-bond donors (Lipinski definition) is 1. The maximum Gasteiger partial charge on any atom is 0.335 e. The third kappa shape index (κ3) is 1.99. The molecule has 0 saturated carbocycles. The summed E-state index contributed by atoms with van der Waals surface area (Å²) in [5.74, 6) is -0.245. The first-order valence-corrected chi connectivity index (χ1v) is 5.85. The average Bonchev–Trinajstić information content (AvgIpc) is 2.84. The Labute approximate surface area is 109 Å². The molecule has 19 heavy (non-hydrogen) atoms. The van der Waals surface area contributed by atoms with E-state index in [1.807, 2.05) is 19.3 Å². The van der Waals surface area contributed by atoms with Crippen molar-refractivity contribution in [3.8, 4) is 5.75 Å². The van der Waals surface area contributed by atoms with E-state index in [0.29, 0.717) is 12.4 Å². The van der Waals surface area contributed by atoms with Gasteiger partial charge in [-0.1, -0.05) is 0 Å². The van der Waals surface area contributed by atoms with Gasteiger partial charge in [0.15, 0.2) is 0 Å². The molecular formula is C14H12N2O3. The molecule has 0 spiro atoms. The third-order valence-electron chi connectivity index (χ3n) is 3.06. The summed E-state index contributed by atoms with van der Waals surface area (Å²) in [6.07, 6.45) is 5.59. The Kier molecular flexibility index (Phi) is 2.59. The lowest BCUT2D eigenvalue weighted by Gasteiger charge is -2.18. The van der Waals surface area contributed by atoms with Crippen molar-refractivity contribution in [2.45, 2.75) is 0 Å². The smallest absolute Gasteiger partial charge is 0.335 e. The van der Waals surface area contributed by atoms with Crippen LogP contribution in [-0.2, 0) is 7.05 Å². The number of aromatic nitrogens is 2. The van der Waals surface area contributed by atoms with Gasteiger partial charge in [-0.15, -0.1) is 0 Å². The summed E-state index contributed by atoms with van der Waals surface area (Å²) in [7, 11) is 1.85. The van der Waals surface area contributed by atoms with E-state index in [-0.39, 0.29) is 5.56 Å². The van der Waals surface area contributed by atoms with Gasteiger partial charge >= 0.3 is 5.97 Å². The predicted molar refractivity (Wildman–Crippen MR) is 69.2 cm³/mol. The predicted octanol–water partition coefficient (Wildman–Crippen LogP) is 1.94. The summed E-state index contributed by atoms with van der Waals surface area (Å²) < 4.78 is 7.23. The van der Waals surface area contributed by atoms with Crippen LogP contribution in [0.25, 0.3) is 5.57 Å². The van der Waals surface area contributed by atoms with Crippen LogP contribution in [0.3, 0.4) is 0 Å². The van der Waals surface area contributed by atoms with Gasteiger partial charge in [0.2, 0.25) is 0 Å². The second-order valence-corrected chi connectivity index (χ2v) is 4.35. The Bertz CT molecular complexity index is 686. The maximum atomic E-state index is 11.1. The summed E-state index contributed by atoms with van der Waals surface area (Å²) in [6, 6.07) is 4.88. The summed E-state index contributed by atoms with van der Waals surface area (Å²) in [6.45, 7) is 0.476. The van der Waals surface area contributed by atoms with Crippen molar-refractivity contribution in [1.82, 2.24) is 9.78 Å². The van der Waals surface area contributed by atoms with Gasteiger partial charge in [-0.2, -0.15) is 5.10 Å². The highest BCUT2D eigenvalue weighted by Gasteiger charge is 2.18. The second kappa shape index (κ2) is 4.28. The molecule has 5 heteroatoms. The van der Waals surface area contributed by atoms with Gasteiger partial charge in [0.25, 0.3) is 0 Å². The van der Waals surface area contributed by atoms with Crippen molar-refractivity contribution in [3.63, 3.8) is 0 Å². The molecule has 1 aromatic carbocycles. The van der Waals surface area contributed by atoms with Gasteiger partial charge in [-0.25, -0.2) is 4.79 Å². The van der Waals surface area contributed by atoms with E-state index >= 15 is 0 Å². The quantitative estimate of drug-likeness (QED) is 0.891. The number of benzene rings is 1. The van der Waals surface area contributed by atoms with Crippen LogP contribution in [-0.4, -0.2) is 27.5 Å². The number of carbonyl (C=O) groups is 1. The first-order chi connectivity index (χ1) is 9.15. The van der Waals surface area contributed by atoms with E-state index in [4.69, 9.17) is 9.84 Å². The SMILES string of the molecule is Cn1cc(C2=CCOc3ccc(C(=O)O)cc32)cn1. The molecule has 2 aromatic rings. The van der Waals surface area contributed by atoms with E-state index in [9.17, 15) is 4.79 Å². The molecule has 0 radical (unpaired) electrons. The summed E-state index contributed by atoms with van der Waals surface area (Å²) in [5, 5.41) is 13.2. The Hall–Kier alpha value is -2.56. The molecule has 0 atom stereocenters. The Morgan fingerprint density at radius 3 is 3.00 bits per heavy atom. The first kappa shape index (κ1) is 11.5. The van der Waals surface area contributed by atoms with Gasteiger partial charge in [0.05, 0.1) is 11.8 Å². The molecule has 3 rings (SSSR count). The third-order valence-corrected chi connectivity index (χ3v) is 3.06. The Morgan fingerprint density at radius 1 is 1.47 bits per heavy atom. The van der Waals surface area contributed by atoms with E-state index in [2.05, 4.69) is 5.10 Å². The molecule has 0 amide bonds. The maximum absolute atomic E-state index is 11.1. The van der Waals surface area contributed by atoms with Crippen molar-refractivity contribution in [2.24, 2.45) is 7.05 Å². The number of ether oxygens (including phenoxy) is 1. The zero-order valence-electron chi connectivity index (χ0n) is 10.3. The number of carboxylic acids is 1. The van der Waals surface area contributed by atoms with Crippen molar-refractivity contribution in [1.29, 1.82) is 0 Å². The van der Waals surface area contributed by atoms with Crippen LogP contribution < -0.4 is 4.74 Å². The molecular weight excluding hydrogens is 244 g/mol. The molecule has 1 N–H and O–H groups in total. The molecule has 1 aliphatic heterocycles. The molecule has 0 fully saturated rings. The monoisotopic (exact) mass is 256 g/mol. The zero-order valence-corrected chi connectivity index (χ0v) is 10.3. The van der Waals surface area contributed by atoms with E-state index in [0.717, 1.165) is 16.7 Å². The lowest BCUT2D eigenvalue weighted by Crippen LogP contribution is -2.07. The summed E-state index contributed by atoms with van der Waals surface area (Å²) in [4.78, 5) is 11.1. The minimum Gasteiger partial charge on any atom is -0.489 e. The van der Waals surface area contributed by atoms with Crippen LogP contribution >= 0.6 is 0 Å². The van der Waals surface area contributed by atoms with Gasteiger partial charge < -0.3 is 9.84 Å². The molecule has 0 aliphatic carbocycles. The van der Waals surface area contributed by atoms with Crippen LogP contribution in [0.15, 0.2) is 36.7 Å². The summed E-state index contributed by atoms with van der Waals surface area (Å²) >= 11 is 0. The van der Waals surface area contributed by atoms with E-state index in [1.165, 1.54) is 0 Å². The summed E-state index contributed by atoms with van der Waals surface area (Å²) in [5.41, 5.74) is 2.95. The number of nitrogens with zero attached hydrogens (tertiary/aromatic N) is 2. The molecule has 1 aromatic heterocycles. The molecule has 0 bridgehead atoms. The number of aromatic carboxylic acids is 1. The second-order valence-electron chi connectivity index (χ2n) is 4.35. The Morgan fingerprint density at radius 2 is 2.32 bits per heavy atom. The van der Waals surface area contributed by atoms with Crippen molar-refractivity contribution in [3.05, 3.63) is 53.4 Å². The molecule has 5 nitrogen and oxygen atoms in total. The standard InChI is InChI=1S/C14H12N2O3/c1-16-8-10(7-15-16)11-4-5-19-13-3-2-9(14(17)18)6-12(11)13/h2-4,6-8H,5H2,1H3,(H,17,18). The number of carboxylic acid groups (broad SMARTS) is 1. The van der Waals surface area contributed by atoms with Gasteiger partial charge in [0, 0.05) is 24.4 Å². The fourth-order valence-electron chi connectivity index (χ4n) is 2.16. The van der Waals surface area contributed by atoms with Crippen molar-refractivity contribution < 1.29 is 14.6 Å². The first-order valence-electron chi connectivity index (χ1n) is 5.85. The highest BCUT2D eigenvalue weighted by Crippen LogP contribution is 2.34. The Balaban J connectivity index is 2.12. The van der Waals surface area contributed by atoms with Crippen LogP contribution in [0.4, 0.5) is 0 Å². The van der Waals surface area contributed by atoms with Gasteiger partial charge in [-0.05, 0) is 29.8 Å². The minimum atomic E-state index is -0.945. The van der Waals surface area contributed by atoms with Crippen molar-refractivity contribution in [2.75, 3.05) is 6.61 Å². The van der Waals surface area contributed by atoms with E-state index in [1.54, 1.807) is 29.1 Å². The zero-order chi connectivity index (χ0) is 13.4.